The minimum Gasteiger partial charge on any atom is -0.333 e. The molecule has 0 aliphatic carbocycles. The molecule has 0 radical (unpaired) electrons. The zero-order chi connectivity index (χ0) is 16.2. The monoisotopic (exact) mass is 312 g/mol. The molecule has 1 aliphatic heterocycles. The fraction of sp³-hybridized carbons (Fsp3) is 0.444. The lowest BCUT2D eigenvalue weighted by atomic mass is 10.0. The Morgan fingerprint density at radius 1 is 1.22 bits per heavy atom. The van der Waals surface area contributed by atoms with E-state index in [1.54, 1.807) is 4.68 Å². The molecule has 1 fully saturated rings. The first-order valence-electron chi connectivity index (χ1n) is 8.14. The van der Waals surface area contributed by atoms with Crippen LogP contribution in [0.4, 0.5) is 0 Å². The quantitative estimate of drug-likeness (QED) is 0.865. The van der Waals surface area contributed by atoms with Gasteiger partial charge < -0.3 is 9.80 Å². The Bertz CT molecular complexity index is 652. The average Bonchev–Trinajstić information content (AvgIpc) is 2.99. The maximum Gasteiger partial charge on any atom is 0.223 e. The minimum atomic E-state index is 0.149. The van der Waals surface area contributed by atoms with Gasteiger partial charge in [-0.05, 0) is 24.6 Å². The minimum absolute atomic E-state index is 0.149. The third-order valence-electron chi connectivity index (χ3n) is 4.47. The van der Waals surface area contributed by atoms with Gasteiger partial charge in [-0.25, -0.2) is 0 Å². The van der Waals surface area contributed by atoms with E-state index in [-0.39, 0.29) is 11.9 Å². The Morgan fingerprint density at radius 3 is 2.70 bits per heavy atom. The van der Waals surface area contributed by atoms with Crippen molar-refractivity contribution in [1.29, 1.82) is 0 Å². The van der Waals surface area contributed by atoms with E-state index in [0.717, 1.165) is 31.6 Å². The van der Waals surface area contributed by atoms with Gasteiger partial charge in [0.25, 0.3) is 0 Å². The molecule has 1 aromatic heterocycles. The van der Waals surface area contributed by atoms with E-state index >= 15 is 0 Å². The molecule has 0 N–H and O–H groups in total. The van der Waals surface area contributed by atoms with Crippen LogP contribution < -0.4 is 0 Å². The molecule has 1 atom stereocenters. The lowest BCUT2D eigenvalue weighted by Gasteiger charge is -2.40. The number of aromatic nitrogens is 2. The molecule has 5 heteroatoms. The smallest absolute Gasteiger partial charge is 0.223 e. The highest BCUT2D eigenvalue weighted by atomic mass is 16.2. The predicted molar refractivity (Wildman–Crippen MR) is 89.9 cm³/mol. The van der Waals surface area contributed by atoms with E-state index in [0.29, 0.717) is 6.42 Å². The summed E-state index contributed by atoms with van der Waals surface area (Å²) in [7, 11) is 4.02. The summed E-state index contributed by atoms with van der Waals surface area (Å²) in [6.45, 7) is 2.62. The number of rotatable bonds is 4. The van der Waals surface area contributed by atoms with Crippen molar-refractivity contribution in [2.24, 2.45) is 7.05 Å². The molecule has 1 aliphatic rings. The van der Waals surface area contributed by atoms with Crippen LogP contribution in [0.3, 0.4) is 0 Å². The van der Waals surface area contributed by atoms with E-state index in [1.165, 1.54) is 5.56 Å². The fourth-order valence-electron chi connectivity index (χ4n) is 3.17. The van der Waals surface area contributed by atoms with Crippen molar-refractivity contribution < 1.29 is 4.79 Å². The lowest BCUT2D eigenvalue weighted by molar-refractivity contribution is -0.136. The van der Waals surface area contributed by atoms with Crippen LogP contribution in [0.1, 0.15) is 23.6 Å². The molecule has 2 aromatic rings. The highest BCUT2D eigenvalue weighted by Crippen LogP contribution is 2.25. The van der Waals surface area contributed by atoms with E-state index < -0.39 is 0 Å². The third-order valence-corrected chi connectivity index (χ3v) is 4.47. The molecule has 1 amide bonds. The van der Waals surface area contributed by atoms with Gasteiger partial charge in [-0.1, -0.05) is 30.3 Å². The Labute approximate surface area is 137 Å². The summed E-state index contributed by atoms with van der Waals surface area (Å²) in [5.41, 5.74) is 2.33. The number of carbonyl (C=O) groups excluding carboxylic acids is 1. The van der Waals surface area contributed by atoms with Gasteiger partial charge in [0.2, 0.25) is 5.91 Å². The number of carbonyl (C=O) groups is 1. The van der Waals surface area contributed by atoms with Crippen molar-refractivity contribution in [3.05, 3.63) is 53.9 Å². The molecule has 23 heavy (non-hydrogen) atoms. The Morgan fingerprint density at radius 2 is 2.00 bits per heavy atom. The van der Waals surface area contributed by atoms with Gasteiger partial charge in [-0.3, -0.25) is 9.48 Å². The summed E-state index contributed by atoms with van der Waals surface area (Å²) in [6, 6.07) is 10.5. The van der Waals surface area contributed by atoms with E-state index in [9.17, 15) is 4.79 Å². The van der Waals surface area contributed by atoms with Gasteiger partial charge in [-0.15, -0.1) is 0 Å². The van der Waals surface area contributed by atoms with Crippen LogP contribution in [0.15, 0.2) is 42.7 Å². The number of piperazine rings is 1. The van der Waals surface area contributed by atoms with Crippen LogP contribution in [0.5, 0.6) is 0 Å². The Hall–Kier alpha value is -2.14. The highest BCUT2D eigenvalue weighted by Gasteiger charge is 2.29. The summed E-state index contributed by atoms with van der Waals surface area (Å²) in [4.78, 5) is 17.1. The van der Waals surface area contributed by atoms with Gasteiger partial charge in [0.05, 0.1) is 12.2 Å². The second-order valence-corrected chi connectivity index (χ2v) is 6.30. The number of hydrogen-bond acceptors (Lipinski definition) is 3. The molecule has 0 saturated carbocycles. The summed E-state index contributed by atoms with van der Waals surface area (Å²) >= 11 is 0. The zero-order valence-electron chi connectivity index (χ0n) is 13.9. The summed E-state index contributed by atoms with van der Waals surface area (Å²) in [6.07, 6.45) is 5.11. The first kappa shape index (κ1) is 15.7. The average molecular weight is 312 g/mol. The van der Waals surface area contributed by atoms with Gasteiger partial charge >= 0.3 is 0 Å². The summed E-state index contributed by atoms with van der Waals surface area (Å²) in [5.74, 6) is 0.232. The third kappa shape index (κ3) is 3.79. The van der Waals surface area contributed by atoms with Crippen LogP contribution in [0.2, 0.25) is 0 Å². The number of benzene rings is 1. The van der Waals surface area contributed by atoms with Crippen molar-refractivity contribution in [3.8, 4) is 0 Å². The molecule has 0 bridgehead atoms. The number of aryl methyl sites for hydroxylation is 2. The molecular formula is C18H24N4O. The Balaban J connectivity index is 1.69. The van der Waals surface area contributed by atoms with Crippen molar-refractivity contribution >= 4 is 5.91 Å². The second-order valence-electron chi connectivity index (χ2n) is 6.30. The number of nitrogens with zero attached hydrogens (tertiary/aromatic N) is 4. The Kier molecular flexibility index (Phi) is 4.76. The predicted octanol–water partition coefficient (Wildman–Crippen LogP) is 1.87. The number of amides is 1. The zero-order valence-corrected chi connectivity index (χ0v) is 13.9. The first-order chi connectivity index (χ1) is 11.1. The molecule has 122 valence electrons. The molecule has 3 rings (SSSR count). The van der Waals surface area contributed by atoms with Gasteiger partial charge in [-0.2, -0.15) is 5.10 Å². The molecule has 1 aromatic carbocycles. The normalized spacial score (nSPS) is 19.0. The molecule has 1 saturated heterocycles. The first-order valence-corrected chi connectivity index (χ1v) is 8.14. The number of hydrogen-bond donors (Lipinski definition) is 0. The lowest BCUT2D eigenvalue weighted by Crippen LogP contribution is -2.49. The SMILES string of the molecule is CN1CCN(C(=O)CCc2cnn(C)c2)[C@@H](c2ccccc2)C1. The van der Waals surface area contributed by atoms with E-state index in [1.807, 2.05) is 42.5 Å². The summed E-state index contributed by atoms with van der Waals surface area (Å²) in [5, 5.41) is 4.16. The van der Waals surface area contributed by atoms with Gasteiger partial charge in [0.15, 0.2) is 0 Å². The molecular weight excluding hydrogens is 288 g/mol. The van der Waals surface area contributed by atoms with E-state index in [4.69, 9.17) is 0 Å². The van der Waals surface area contributed by atoms with Crippen LogP contribution in [0, 0.1) is 0 Å². The second kappa shape index (κ2) is 6.96. The molecule has 2 heterocycles. The van der Waals surface area contributed by atoms with Crippen molar-refractivity contribution in [2.75, 3.05) is 26.7 Å². The van der Waals surface area contributed by atoms with Crippen LogP contribution in [0.25, 0.3) is 0 Å². The number of likely N-dealkylation sites (N-methyl/N-ethyl adjacent to an activating group) is 1. The molecule has 0 unspecified atom stereocenters. The molecule has 5 nitrogen and oxygen atoms in total. The maximum absolute atomic E-state index is 12.7. The topological polar surface area (TPSA) is 41.4 Å². The van der Waals surface area contributed by atoms with Crippen LogP contribution in [-0.2, 0) is 18.3 Å². The fourth-order valence-corrected chi connectivity index (χ4v) is 3.17. The van der Waals surface area contributed by atoms with Gasteiger partial charge in [0.1, 0.15) is 0 Å². The van der Waals surface area contributed by atoms with Crippen LogP contribution in [-0.4, -0.2) is 52.2 Å². The molecule has 0 spiro atoms. The van der Waals surface area contributed by atoms with Gasteiger partial charge in [0, 0.05) is 39.3 Å². The summed E-state index contributed by atoms with van der Waals surface area (Å²) < 4.78 is 1.78. The van der Waals surface area contributed by atoms with Crippen molar-refractivity contribution in [2.45, 2.75) is 18.9 Å². The van der Waals surface area contributed by atoms with Crippen molar-refractivity contribution in [3.63, 3.8) is 0 Å². The largest absolute Gasteiger partial charge is 0.333 e. The van der Waals surface area contributed by atoms with Crippen molar-refractivity contribution in [1.82, 2.24) is 19.6 Å². The highest BCUT2D eigenvalue weighted by molar-refractivity contribution is 5.77. The van der Waals surface area contributed by atoms with E-state index in [2.05, 4.69) is 29.2 Å². The standard InChI is InChI=1S/C18H24N4O/c1-20-10-11-22(17(14-20)16-6-4-3-5-7-16)18(23)9-8-15-12-19-21(2)13-15/h3-7,12-13,17H,8-11,14H2,1-2H3/t17-/m1/s1. The van der Waals surface area contributed by atoms with Crippen LogP contribution >= 0.6 is 0 Å². The maximum atomic E-state index is 12.7.